The summed E-state index contributed by atoms with van der Waals surface area (Å²) < 4.78 is 43.5. The van der Waals surface area contributed by atoms with Crippen LogP contribution >= 0.6 is 15.9 Å². The Bertz CT molecular complexity index is 2820. The van der Waals surface area contributed by atoms with E-state index in [4.69, 9.17) is 9.47 Å². The summed E-state index contributed by atoms with van der Waals surface area (Å²) >= 11 is 3.55. The fourth-order valence-corrected chi connectivity index (χ4v) is 13.1. The summed E-state index contributed by atoms with van der Waals surface area (Å²) in [5.74, 6) is 0.350. The molecule has 2 atom stereocenters. The van der Waals surface area contributed by atoms with Crippen molar-refractivity contribution < 1.29 is 27.6 Å². The number of amides is 1. The number of aromatic amines is 1. The molecule has 1 spiro atoms. The normalized spacial score (nSPS) is 22.0. The van der Waals surface area contributed by atoms with Gasteiger partial charge in [0.1, 0.15) is 23.8 Å². The minimum Gasteiger partial charge on any atom is -0.489 e. The van der Waals surface area contributed by atoms with E-state index in [-0.39, 0.29) is 46.7 Å². The van der Waals surface area contributed by atoms with Crippen LogP contribution in [0, 0.1) is 26.9 Å². The lowest BCUT2D eigenvalue weighted by Gasteiger charge is -2.56. The molecule has 0 unspecified atom stereocenters. The lowest BCUT2D eigenvalue weighted by molar-refractivity contribution is -0.384. The van der Waals surface area contributed by atoms with Gasteiger partial charge in [0, 0.05) is 65.1 Å². The number of carbonyl (C=O) groups is 1. The molecule has 354 valence electrons. The molecule has 3 N–H and O–H groups in total. The molecule has 5 aromatic rings. The molecule has 14 nitrogen and oxygen atoms in total. The van der Waals surface area contributed by atoms with E-state index < -0.39 is 31.4 Å². The molecule has 16 heteroatoms. The molecule has 3 aromatic carbocycles. The van der Waals surface area contributed by atoms with Crippen LogP contribution in [0.15, 0.2) is 82.4 Å². The molecule has 10 rings (SSSR count). The quantitative estimate of drug-likeness (QED) is 0.0849. The van der Waals surface area contributed by atoms with Gasteiger partial charge in [-0.3, -0.25) is 19.8 Å². The maximum Gasteiger partial charge on any atom is 0.297 e. The van der Waals surface area contributed by atoms with E-state index in [0.717, 1.165) is 79.8 Å². The van der Waals surface area contributed by atoms with E-state index >= 15 is 0 Å². The molecule has 2 aliphatic carbocycles. The second-order valence-electron chi connectivity index (χ2n) is 20.8. The molecule has 5 aliphatic rings. The predicted molar refractivity (Wildman–Crippen MR) is 263 cm³/mol. The highest BCUT2D eigenvalue weighted by molar-refractivity contribution is 9.10. The number of benzene rings is 3. The van der Waals surface area contributed by atoms with Gasteiger partial charge in [0.25, 0.3) is 21.6 Å². The number of anilines is 2. The van der Waals surface area contributed by atoms with Gasteiger partial charge in [-0.25, -0.2) is 18.1 Å². The lowest BCUT2D eigenvalue weighted by atomic mass is 9.59. The number of likely N-dealkylation sites (tertiary alicyclic amines) is 1. The van der Waals surface area contributed by atoms with Crippen LogP contribution in [0.5, 0.6) is 17.2 Å². The first-order valence-corrected chi connectivity index (χ1v) is 26.2. The minimum absolute atomic E-state index is 0.0287. The summed E-state index contributed by atoms with van der Waals surface area (Å²) in [7, 11) is -4.64. The number of nitro benzene ring substituents is 1. The highest BCUT2D eigenvalue weighted by Gasteiger charge is 2.50. The summed E-state index contributed by atoms with van der Waals surface area (Å²) in [4.78, 5) is 38.2. The molecular weight excluding hydrogens is 935 g/mol. The molecule has 1 amide bonds. The molecule has 5 heterocycles. The Morgan fingerprint density at radius 1 is 1.01 bits per heavy atom. The Balaban J connectivity index is 0.863. The Hall–Kier alpha value is -5.19. The number of carbonyl (C=O) groups excluding carboxylic acids is 1. The van der Waals surface area contributed by atoms with Gasteiger partial charge in [-0.05, 0) is 139 Å². The first kappa shape index (κ1) is 45.6. The Morgan fingerprint density at radius 3 is 2.52 bits per heavy atom. The number of aromatic nitrogens is 2. The van der Waals surface area contributed by atoms with Gasteiger partial charge < -0.3 is 24.7 Å². The fraction of sp³-hybridized carbons (Fsp3) is 0.490. The van der Waals surface area contributed by atoms with Gasteiger partial charge in [-0.15, -0.1) is 0 Å². The number of hydrogen-bond donors (Lipinski definition) is 3. The van der Waals surface area contributed by atoms with Crippen LogP contribution in [0.4, 0.5) is 17.1 Å². The van der Waals surface area contributed by atoms with Crippen molar-refractivity contribution in [2.75, 3.05) is 36.5 Å². The Kier molecular flexibility index (Phi) is 12.1. The second kappa shape index (κ2) is 17.7. The number of sulfonamides is 1. The zero-order chi connectivity index (χ0) is 46.8. The number of fused-ring (bicyclic) bond motifs is 2. The van der Waals surface area contributed by atoms with E-state index in [9.17, 15) is 23.3 Å². The van der Waals surface area contributed by atoms with Crippen LogP contribution in [0.1, 0.15) is 125 Å². The van der Waals surface area contributed by atoms with Crippen LogP contribution in [0.25, 0.3) is 11.0 Å². The third-order valence-corrected chi connectivity index (χ3v) is 17.6. The average Bonchev–Trinajstić information content (AvgIpc) is 3.94. The molecule has 2 saturated heterocycles. The summed E-state index contributed by atoms with van der Waals surface area (Å²) in [5.41, 5.74) is 4.68. The van der Waals surface area contributed by atoms with Crippen molar-refractivity contribution in [1.82, 2.24) is 19.6 Å². The topological polar surface area (TPSA) is 172 Å². The molecule has 4 fully saturated rings. The molecule has 3 aliphatic heterocycles. The highest BCUT2D eigenvalue weighted by atomic mass is 79.9. The first-order chi connectivity index (χ1) is 32.1. The number of hydrogen-bond acceptors (Lipinski definition) is 11. The summed E-state index contributed by atoms with van der Waals surface area (Å²) in [6, 6.07) is 19.1. The largest absolute Gasteiger partial charge is 0.489 e. The van der Waals surface area contributed by atoms with Crippen LogP contribution in [-0.2, 0) is 10.0 Å². The van der Waals surface area contributed by atoms with Crippen molar-refractivity contribution >= 4 is 60.0 Å². The molecule has 2 saturated carbocycles. The van der Waals surface area contributed by atoms with Crippen molar-refractivity contribution in [3.05, 3.63) is 104 Å². The SMILES string of the molecule is CC(C)c1ccccc1[C@@H]1CCCN1C1CC2(CCN(c3ccc(C(=O)NS(=O)(=O)c4cc5c(c([N+](=O)[O-])c4)N[C@@H](C4CCC(C)(C)CC4)CO5)c(Oc4cnc5[nH]cc(Br)c5c4)c3)CC2)C1. The van der Waals surface area contributed by atoms with Crippen LogP contribution < -0.4 is 24.4 Å². The van der Waals surface area contributed by atoms with Crippen LogP contribution in [0.3, 0.4) is 0 Å². The highest BCUT2D eigenvalue weighted by Crippen LogP contribution is 2.54. The van der Waals surface area contributed by atoms with Gasteiger partial charge in [0.2, 0.25) is 0 Å². The number of nitrogens with one attached hydrogen (secondary N) is 3. The van der Waals surface area contributed by atoms with Crippen molar-refractivity contribution in [3.63, 3.8) is 0 Å². The Morgan fingerprint density at radius 2 is 1.78 bits per heavy atom. The van der Waals surface area contributed by atoms with Gasteiger partial charge >= 0.3 is 0 Å². The van der Waals surface area contributed by atoms with E-state index in [0.29, 0.717) is 34.8 Å². The smallest absolute Gasteiger partial charge is 0.297 e. The fourth-order valence-electron chi connectivity index (χ4n) is 11.7. The zero-order valence-electron chi connectivity index (χ0n) is 38.6. The Labute approximate surface area is 400 Å². The van der Waals surface area contributed by atoms with E-state index in [2.05, 4.69) is 97.7 Å². The number of nitrogens with zero attached hydrogens (tertiary/aromatic N) is 4. The van der Waals surface area contributed by atoms with E-state index in [1.165, 1.54) is 42.9 Å². The van der Waals surface area contributed by atoms with Crippen LogP contribution in [0.2, 0.25) is 0 Å². The van der Waals surface area contributed by atoms with Gasteiger partial charge in [0.15, 0.2) is 11.4 Å². The number of pyridine rings is 1. The van der Waals surface area contributed by atoms with Crippen molar-refractivity contribution in [2.45, 2.75) is 121 Å². The van der Waals surface area contributed by atoms with Crippen molar-refractivity contribution in [1.29, 1.82) is 0 Å². The third-order valence-electron chi connectivity index (χ3n) is 15.6. The minimum atomic E-state index is -4.64. The number of H-pyrrole nitrogens is 1. The standard InChI is InChI=1S/C51H60BrN7O7S/c1-31(2)37-8-5-6-9-38(37)43-10-7-19-58(43)34-26-51(27-34)17-20-57(21-18-51)33-11-12-39(45(22-33)66-35-23-40-41(52)29-54-48(40)53-28-35)49(60)56-67(63,64)36-24-44(59(61)62)47-46(25-36)65-30-42(55-47)32-13-15-50(3,4)16-14-32/h5-6,8-9,11-12,22-25,28-29,31-32,34,42-43,55H,7,10,13-21,26-27,30H2,1-4H3,(H,53,54)(H,56,60)/t42-,43+/m1/s1. The molecule has 0 bridgehead atoms. The number of piperidine rings is 1. The number of ether oxygens (including phenoxy) is 2. The van der Waals surface area contributed by atoms with Gasteiger partial charge in [-0.2, -0.15) is 0 Å². The maximum absolute atomic E-state index is 14.2. The van der Waals surface area contributed by atoms with Crippen molar-refractivity contribution in [3.8, 4) is 17.2 Å². The summed E-state index contributed by atoms with van der Waals surface area (Å²) in [5, 5.41) is 16.5. The lowest BCUT2D eigenvalue weighted by Crippen LogP contribution is -2.54. The molecule has 67 heavy (non-hydrogen) atoms. The van der Waals surface area contributed by atoms with Gasteiger partial charge in [0.05, 0.1) is 27.6 Å². The van der Waals surface area contributed by atoms with E-state index in [1.54, 1.807) is 30.6 Å². The number of rotatable bonds is 11. The molecular formula is C51H60BrN7O7S. The third kappa shape index (κ3) is 9.01. The molecule has 2 aromatic heterocycles. The number of halogens is 1. The monoisotopic (exact) mass is 993 g/mol. The van der Waals surface area contributed by atoms with Gasteiger partial charge in [-0.1, -0.05) is 52.0 Å². The predicted octanol–water partition coefficient (Wildman–Crippen LogP) is 11.2. The zero-order valence-corrected chi connectivity index (χ0v) is 41.0. The summed E-state index contributed by atoms with van der Waals surface area (Å²) in [6.07, 6.45) is 14.3. The maximum atomic E-state index is 14.2. The number of nitro groups is 1. The van der Waals surface area contributed by atoms with Crippen molar-refractivity contribution in [2.24, 2.45) is 16.7 Å². The van der Waals surface area contributed by atoms with Crippen LogP contribution in [-0.4, -0.2) is 72.4 Å². The first-order valence-electron chi connectivity index (χ1n) is 23.9. The van der Waals surface area contributed by atoms with E-state index in [1.807, 2.05) is 6.07 Å². The molecule has 0 radical (unpaired) electrons. The summed E-state index contributed by atoms with van der Waals surface area (Å²) in [6.45, 7) is 12.1. The average molecular weight is 995 g/mol. The second-order valence-corrected chi connectivity index (χ2v) is 23.3.